The van der Waals surface area contributed by atoms with E-state index < -0.39 is 47.5 Å². The molecule has 1 aliphatic carbocycles. The highest BCUT2D eigenvalue weighted by atomic mass is 16.2. The summed E-state index contributed by atoms with van der Waals surface area (Å²) in [6.07, 6.45) is 7.97. The number of amides is 4. The highest BCUT2D eigenvalue weighted by Crippen LogP contribution is 2.17. The normalized spacial score (nSPS) is 15.8. The summed E-state index contributed by atoms with van der Waals surface area (Å²) >= 11 is 0. The number of hydrogen-bond acceptors (Lipinski definition) is 6. The van der Waals surface area contributed by atoms with Gasteiger partial charge in [-0.2, -0.15) is 0 Å². The van der Waals surface area contributed by atoms with E-state index in [4.69, 9.17) is 0 Å². The summed E-state index contributed by atoms with van der Waals surface area (Å²) in [5.41, 5.74) is 1.17. The molecule has 1 unspecified atom stereocenters. The number of carbonyl (C=O) groups excluding carboxylic acids is 5. The molecule has 40 heavy (non-hydrogen) atoms. The lowest BCUT2D eigenvalue weighted by Gasteiger charge is -2.26. The second kappa shape index (κ2) is 14.9. The second-order valence-corrected chi connectivity index (χ2v) is 10.6. The van der Waals surface area contributed by atoms with Crippen molar-refractivity contribution in [2.75, 3.05) is 0 Å². The first-order chi connectivity index (χ1) is 19.2. The molecule has 3 atom stereocenters. The molecule has 0 bridgehead atoms. The molecule has 0 spiro atoms. The largest absolute Gasteiger partial charge is 0.347 e. The van der Waals surface area contributed by atoms with Crippen LogP contribution in [0.1, 0.15) is 68.8 Å². The number of benzene rings is 1. The van der Waals surface area contributed by atoms with Crippen molar-refractivity contribution < 1.29 is 24.0 Å². The zero-order chi connectivity index (χ0) is 29.1. The Morgan fingerprint density at radius 1 is 0.825 bits per heavy atom. The maximum atomic E-state index is 13.3. The zero-order valence-electron chi connectivity index (χ0n) is 23.3. The minimum atomic E-state index is -1.04. The molecule has 214 valence electrons. The van der Waals surface area contributed by atoms with Crippen LogP contribution in [0.4, 0.5) is 0 Å². The third-order valence-corrected chi connectivity index (χ3v) is 7.01. The van der Waals surface area contributed by atoms with Crippen LogP contribution in [0.2, 0.25) is 0 Å². The molecule has 1 fully saturated rings. The van der Waals surface area contributed by atoms with Gasteiger partial charge in [-0.25, -0.2) is 0 Å². The van der Waals surface area contributed by atoms with Gasteiger partial charge < -0.3 is 21.3 Å². The van der Waals surface area contributed by atoms with Crippen LogP contribution in [0, 0.1) is 5.92 Å². The number of rotatable bonds is 12. The summed E-state index contributed by atoms with van der Waals surface area (Å²) < 4.78 is 0. The van der Waals surface area contributed by atoms with E-state index in [1.807, 2.05) is 30.3 Å². The number of hydrogen-bond donors (Lipinski definition) is 4. The molecule has 0 saturated heterocycles. The molecule has 1 saturated carbocycles. The van der Waals surface area contributed by atoms with E-state index in [1.54, 1.807) is 13.8 Å². The van der Waals surface area contributed by atoms with Crippen molar-refractivity contribution >= 4 is 29.4 Å². The van der Waals surface area contributed by atoms with E-state index in [0.717, 1.165) is 37.7 Å². The van der Waals surface area contributed by atoms with Crippen molar-refractivity contribution in [1.82, 2.24) is 26.3 Å². The molecule has 1 aromatic carbocycles. The van der Waals surface area contributed by atoms with E-state index in [0.29, 0.717) is 5.56 Å². The van der Waals surface area contributed by atoms with Crippen LogP contribution >= 0.6 is 0 Å². The molecule has 4 N–H and O–H groups in total. The fraction of sp³-hybridized carbons (Fsp3) is 0.467. The van der Waals surface area contributed by atoms with E-state index in [-0.39, 0.29) is 18.4 Å². The zero-order valence-corrected chi connectivity index (χ0v) is 23.3. The molecular weight excluding hydrogens is 510 g/mol. The number of Topliss-reactive ketones (excluding diaryl/α,β-unsaturated/α-hetero) is 1. The van der Waals surface area contributed by atoms with Gasteiger partial charge in [0.05, 0.1) is 6.04 Å². The van der Waals surface area contributed by atoms with Crippen molar-refractivity contribution in [2.24, 2.45) is 5.92 Å². The topological polar surface area (TPSA) is 146 Å². The van der Waals surface area contributed by atoms with Gasteiger partial charge >= 0.3 is 0 Å². The molecule has 0 aliphatic heterocycles. The van der Waals surface area contributed by atoms with E-state index in [1.165, 1.54) is 31.5 Å². The molecular formula is C30H39N5O5. The summed E-state index contributed by atoms with van der Waals surface area (Å²) in [5.74, 6) is -3.38. The lowest BCUT2D eigenvalue weighted by atomic mass is 9.94. The average Bonchev–Trinajstić information content (AvgIpc) is 2.96. The number of ketones is 1. The van der Waals surface area contributed by atoms with Gasteiger partial charge in [-0.05, 0) is 43.4 Å². The molecule has 3 rings (SSSR count). The third-order valence-electron chi connectivity index (χ3n) is 7.01. The Kier molecular flexibility index (Phi) is 11.4. The number of nitrogens with zero attached hydrogens (tertiary/aromatic N) is 1. The predicted octanol–water partition coefficient (Wildman–Crippen LogP) is 2.09. The van der Waals surface area contributed by atoms with Crippen molar-refractivity contribution in [3.63, 3.8) is 0 Å². The molecule has 10 nitrogen and oxygen atoms in total. The predicted molar refractivity (Wildman–Crippen MR) is 150 cm³/mol. The van der Waals surface area contributed by atoms with Crippen molar-refractivity contribution in [3.8, 4) is 0 Å². The number of aromatic nitrogens is 1. The van der Waals surface area contributed by atoms with Crippen LogP contribution in [-0.4, -0.2) is 58.6 Å². The molecule has 1 aromatic heterocycles. The fourth-order valence-electron chi connectivity index (χ4n) is 4.64. The minimum Gasteiger partial charge on any atom is -0.347 e. The van der Waals surface area contributed by atoms with Gasteiger partial charge in [-0.15, -0.1) is 0 Å². The summed E-state index contributed by atoms with van der Waals surface area (Å²) in [4.78, 5) is 68.6. The molecule has 2 aromatic rings. The van der Waals surface area contributed by atoms with Crippen molar-refractivity contribution in [1.29, 1.82) is 0 Å². The SMILES string of the molecule is CC(C)C(NC(=O)[C@H](C)NC(=O)[C@@H](Cc1ccccc1)NC(=O)c1ccncc1)C(=O)C(=O)NC1CCCCC1. The van der Waals surface area contributed by atoms with E-state index in [2.05, 4.69) is 26.3 Å². The van der Waals surface area contributed by atoms with Crippen molar-refractivity contribution in [2.45, 2.75) is 83.5 Å². The molecule has 1 aliphatic rings. The van der Waals surface area contributed by atoms with Gasteiger partial charge in [0, 0.05) is 30.4 Å². The van der Waals surface area contributed by atoms with Crippen molar-refractivity contribution in [3.05, 3.63) is 66.0 Å². The Bertz CT molecular complexity index is 1170. The monoisotopic (exact) mass is 549 g/mol. The first-order valence-corrected chi connectivity index (χ1v) is 13.9. The lowest BCUT2D eigenvalue weighted by Crippen LogP contribution is -2.57. The third kappa shape index (κ3) is 9.00. The number of pyridine rings is 1. The van der Waals surface area contributed by atoms with Crippen LogP contribution in [0.15, 0.2) is 54.9 Å². The highest BCUT2D eigenvalue weighted by Gasteiger charge is 2.33. The Labute approximate surface area is 235 Å². The van der Waals surface area contributed by atoms with E-state index in [9.17, 15) is 24.0 Å². The lowest BCUT2D eigenvalue weighted by molar-refractivity contribution is -0.141. The van der Waals surface area contributed by atoms with Crippen LogP contribution < -0.4 is 21.3 Å². The smallest absolute Gasteiger partial charge is 0.289 e. The second-order valence-electron chi connectivity index (χ2n) is 10.6. The highest BCUT2D eigenvalue weighted by molar-refractivity contribution is 6.38. The maximum Gasteiger partial charge on any atom is 0.289 e. The summed E-state index contributed by atoms with van der Waals surface area (Å²) in [7, 11) is 0. The van der Waals surface area contributed by atoms with Gasteiger partial charge in [0.2, 0.25) is 17.6 Å². The van der Waals surface area contributed by atoms with Gasteiger partial charge in [0.1, 0.15) is 12.1 Å². The van der Waals surface area contributed by atoms with E-state index >= 15 is 0 Å². The first-order valence-electron chi connectivity index (χ1n) is 13.9. The Morgan fingerprint density at radius 3 is 2.10 bits per heavy atom. The first kappa shape index (κ1) is 30.5. The van der Waals surface area contributed by atoms with Gasteiger partial charge in [0.15, 0.2) is 0 Å². The van der Waals surface area contributed by atoms with Gasteiger partial charge in [0.25, 0.3) is 11.8 Å². The number of carbonyl (C=O) groups is 5. The van der Waals surface area contributed by atoms with Gasteiger partial charge in [-0.3, -0.25) is 29.0 Å². The standard InChI is InChI=1S/C30H39N5O5/c1-19(2)25(26(36)30(40)33-23-12-8-5-9-13-23)35-27(37)20(3)32-29(39)24(18-21-10-6-4-7-11-21)34-28(38)22-14-16-31-17-15-22/h4,6-7,10-11,14-17,19-20,23-25H,5,8-9,12-13,18H2,1-3H3,(H,32,39)(H,33,40)(H,34,38)(H,35,37)/t20-,24+,25?/m0/s1. The Hall–Kier alpha value is -4.08. The summed E-state index contributed by atoms with van der Waals surface area (Å²) in [5, 5.41) is 10.8. The molecule has 10 heteroatoms. The van der Waals surface area contributed by atoms with Crippen LogP contribution in [-0.2, 0) is 25.6 Å². The summed E-state index contributed by atoms with van der Waals surface area (Å²) in [6, 6.07) is 9.20. The molecule has 1 heterocycles. The van der Waals surface area contributed by atoms with Gasteiger partial charge in [-0.1, -0.05) is 63.4 Å². The quantitative estimate of drug-likeness (QED) is 0.298. The summed E-state index contributed by atoms with van der Waals surface area (Å²) in [6.45, 7) is 4.97. The average molecular weight is 550 g/mol. The molecule has 0 radical (unpaired) electrons. The Morgan fingerprint density at radius 2 is 1.48 bits per heavy atom. The molecule has 4 amide bonds. The van der Waals surface area contributed by atoms with Crippen LogP contribution in [0.3, 0.4) is 0 Å². The van der Waals surface area contributed by atoms with Crippen LogP contribution in [0.25, 0.3) is 0 Å². The fourth-order valence-corrected chi connectivity index (χ4v) is 4.64. The van der Waals surface area contributed by atoms with Crippen LogP contribution in [0.5, 0.6) is 0 Å². The minimum absolute atomic E-state index is 0.0316. The Balaban J connectivity index is 1.64. The number of nitrogens with one attached hydrogen (secondary N) is 4. The maximum absolute atomic E-state index is 13.3.